The van der Waals surface area contributed by atoms with E-state index in [1.807, 2.05) is 13.8 Å². The van der Waals surface area contributed by atoms with Crippen LogP contribution in [0.3, 0.4) is 0 Å². The number of nitrogens with one attached hydrogen (secondary N) is 1. The third-order valence-corrected chi connectivity index (χ3v) is 3.49. The van der Waals surface area contributed by atoms with E-state index < -0.39 is 0 Å². The molecule has 1 fully saturated rings. The number of aromatic nitrogens is 2. The van der Waals surface area contributed by atoms with Crippen molar-refractivity contribution < 1.29 is 4.79 Å². The van der Waals surface area contributed by atoms with E-state index in [-0.39, 0.29) is 11.9 Å². The molecule has 0 radical (unpaired) electrons. The molecule has 6 nitrogen and oxygen atoms in total. The van der Waals surface area contributed by atoms with Crippen LogP contribution >= 0.6 is 0 Å². The monoisotopic (exact) mass is 265 g/mol. The maximum Gasteiger partial charge on any atom is 0.271 e. The third-order valence-electron chi connectivity index (χ3n) is 3.49. The maximum absolute atomic E-state index is 12.2. The normalized spacial score (nSPS) is 17.6. The Morgan fingerprint density at radius 2 is 2.21 bits per heavy atom. The quantitative estimate of drug-likeness (QED) is 0.821. The Hall–Kier alpha value is -1.56. The summed E-state index contributed by atoms with van der Waals surface area (Å²) in [7, 11) is 0. The average Bonchev–Trinajstić information content (AvgIpc) is 2.98. The first kappa shape index (κ1) is 13.9. The fourth-order valence-electron chi connectivity index (χ4n) is 2.58. The summed E-state index contributed by atoms with van der Waals surface area (Å²) in [6, 6.07) is 0.116. The van der Waals surface area contributed by atoms with E-state index in [4.69, 9.17) is 5.73 Å². The smallest absolute Gasteiger partial charge is 0.271 e. The van der Waals surface area contributed by atoms with E-state index in [0.717, 1.165) is 19.6 Å². The van der Waals surface area contributed by atoms with E-state index in [1.54, 1.807) is 4.68 Å². The number of hydrogen-bond donors (Lipinski definition) is 2. The van der Waals surface area contributed by atoms with Gasteiger partial charge in [-0.2, -0.15) is 5.10 Å². The van der Waals surface area contributed by atoms with Gasteiger partial charge in [-0.05, 0) is 39.8 Å². The zero-order valence-electron chi connectivity index (χ0n) is 11.7. The third kappa shape index (κ3) is 3.26. The van der Waals surface area contributed by atoms with E-state index >= 15 is 0 Å². The predicted molar refractivity (Wildman–Crippen MR) is 74.9 cm³/mol. The van der Waals surface area contributed by atoms with Crippen molar-refractivity contribution in [1.82, 2.24) is 20.0 Å². The molecule has 1 saturated heterocycles. The van der Waals surface area contributed by atoms with Crippen molar-refractivity contribution in [3.8, 4) is 0 Å². The number of nitrogen functional groups attached to an aromatic ring is 1. The molecule has 0 aromatic carbocycles. The molecule has 1 aliphatic rings. The molecule has 1 aliphatic heterocycles. The number of likely N-dealkylation sites (tertiary alicyclic amines) is 1. The Kier molecular flexibility index (Phi) is 4.42. The Labute approximate surface area is 113 Å². The lowest BCUT2D eigenvalue weighted by molar-refractivity contribution is 0.0922. The molecule has 1 aromatic heterocycles. The molecular formula is C13H23N5O. The lowest BCUT2D eigenvalue weighted by atomic mass is 10.2. The molecule has 3 N–H and O–H groups in total. The van der Waals surface area contributed by atoms with Crippen LogP contribution in [0, 0.1) is 0 Å². The molecule has 0 aliphatic carbocycles. The highest BCUT2D eigenvalue weighted by atomic mass is 16.2. The lowest BCUT2D eigenvalue weighted by Gasteiger charge is -2.21. The van der Waals surface area contributed by atoms with Crippen LogP contribution in [-0.2, 0) is 6.54 Å². The Balaban J connectivity index is 1.94. The van der Waals surface area contributed by atoms with E-state index in [2.05, 4.69) is 15.3 Å². The van der Waals surface area contributed by atoms with Gasteiger partial charge in [0.05, 0.1) is 11.9 Å². The molecule has 106 valence electrons. The van der Waals surface area contributed by atoms with Crippen LogP contribution in [0.5, 0.6) is 0 Å². The summed E-state index contributed by atoms with van der Waals surface area (Å²) in [6.07, 6.45) is 4.05. The molecule has 2 heterocycles. The van der Waals surface area contributed by atoms with Gasteiger partial charge in [-0.3, -0.25) is 9.48 Å². The second kappa shape index (κ2) is 6.06. The highest BCUT2D eigenvalue weighted by molar-refractivity contribution is 5.97. The summed E-state index contributed by atoms with van der Waals surface area (Å²) >= 11 is 0. The van der Waals surface area contributed by atoms with Gasteiger partial charge in [-0.15, -0.1) is 0 Å². The minimum atomic E-state index is -0.136. The van der Waals surface area contributed by atoms with Gasteiger partial charge in [-0.25, -0.2) is 0 Å². The number of rotatable bonds is 5. The van der Waals surface area contributed by atoms with E-state index in [1.165, 1.54) is 19.0 Å². The Morgan fingerprint density at radius 1 is 1.53 bits per heavy atom. The van der Waals surface area contributed by atoms with Gasteiger partial charge in [0.25, 0.3) is 5.91 Å². The van der Waals surface area contributed by atoms with Crippen molar-refractivity contribution in [2.24, 2.45) is 0 Å². The molecule has 19 heavy (non-hydrogen) atoms. The molecule has 2 rings (SSSR count). The molecular weight excluding hydrogens is 242 g/mol. The summed E-state index contributed by atoms with van der Waals surface area (Å²) in [5.41, 5.74) is 6.71. The van der Waals surface area contributed by atoms with Gasteiger partial charge in [0.1, 0.15) is 5.69 Å². The number of anilines is 1. The van der Waals surface area contributed by atoms with Crippen molar-refractivity contribution in [2.75, 3.05) is 25.4 Å². The van der Waals surface area contributed by atoms with Crippen LogP contribution in [0.1, 0.15) is 37.2 Å². The fourth-order valence-corrected chi connectivity index (χ4v) is 2.58. The van der Waals surface area contributed by atoms with Crippen LogP contribution < -0.4 is 11.1 Å². The first-order valence-electron chi connectivity index (χ1n) is 6.96. The Bertz CT molecular complexity index is 436. The molecule has 0 saturated carbocycles. The van der Waals surface area contributed by atoms with Gasteiger partial charge in [0.15, 0.2) is 0 Å². The first-order valence-corrected chi connectivity index (χ1v) is 6.96. The molecule has 0 spiro atoms. The van der Waals surface area contributed by atoms with Crippen molar-refractivity contribution in [3.05, 3.63) is 11.9 Å². The number of nitrogens with zero attached hydrogens (tertiary/aromatic N) is 3. The lowest BCUT2D eigenvalue weighted by Crippen LogP contribution is -2.41. The number of hydrogen-bond acceptors (Lipinski definition) is 4. The molecule has 1 aromatic rings. The van der Waals surface area contributed by atoms with Crippen LogP contribution in [0.4, 0.5) is 5.69 Å². The maximum atomic E-state index is 12.2. The van der Waals surface area contributed by atoms with E-state index in [0.29, 0.717) is 17.9 Å². The summed E-state index contributed by atoms with van der Waals surface area (Å²) < 4.78 is 1.63. The standard InChI is InChI=1S/C13H23N5O/c1-3-18-12(11(14)8-15-18)13(19)16-10(2)9-17-6-4-5-7-17/h8,10H,3-7,9,14H2,1-2H3,(H,16,19). The summed E-state index contributed by atoms with van der Waals surface area (Å²) in [4.78, 5) is 14.6. The number of nitrogens with two attached hydrogens (primary N) is 1. The number of carbonyl (C=O) groups excluding carboxylic acids is 1. The van der Waals surface area contributed by atoms with Crippen LogP contribution in [0.15, 0.2) is 6.20 Å². The van der Waals surface area contributed by atoms with Gasteiger partial charge in [-0.1, -0.05) is 0 Å². The summed E-state index contributed by atoms with van der Waals surface area (Å²) in [6.45, 7) is 7.77. The van der Waals surface area contributed by atoms with Gasteiger partial charge >= 0.3 is 0 Å². The van der Waals surface area contributed by atoms with Crippen LogP contribution in [0.2, 0.25) is 0 Å². The highest BCUT2D eigenvalue weighted by Crippen LogP contribution is 2.11. The van der Waals surface area contributed by atoms with Crippen molar-refractivity contribution >= 4 is 11.6 Å². The second-order valence-electron chi connectivity index (χ2n) is 5.15. The largest absolute Gasteiger partial charge is 0.396 e. The van der Waals surface area contributed by atoms with Crippen molar-refractivity contribution in [1.29, 1.82) is 0 Å². The minimum absolute atomic E-state index is 0.116. The number of aryl methyl sites for hydroxylation is 1. The summed E-state index contributed by atoms with van der Waals surface area (Å²) in [5.74, 6) is -0.136. The molecule has 1 amide bonds. The van der Waals surface area contributed by atoms with E-state index in [9.17, 15) is 4.79 Å². The molecule has 0 bridgehead atoms. The van der Waals surface area contributed by atoms with Gasteiger partial charge < -0.3 is 16.0 Å². The second-order valence-corrected chi connectivity index (χ2v) is 5.15. The molecule has 1 unspecified atom stereocenters. The summed E-state index contributed by atoms with van der Waals surface area (Å²) in [5, 5.41) is 7.09. The topological polar surface area (TPSA) is 76.2 Å². The first-order chi connectivity index (χ1) is 9.11. The Morgan fingerprint density at radius 3 is 2.84 bits per heavy atom. The SMILES string of the molecule is CCn1ncc(N)c1C(=O)NC(C)CN1CCCC1. The van der Waals surface area contributed by atoms with Crippen LogP contribution in [-0.4, -0.2) is 46.3 Å². The van der Waals surface area contributed by atoms with Gasteiger partial charge in [0, 0.05) is 19.1 Å². The van der Waals surface area contributed by atoms with Gasteiger partial charge in [0.2, 0.25) is 0 Å². The number of amides is 1. The van der Waals surface area contributed by atoms with Crippen LogP contribution in [0.25, 0.3) is 0 Å². The number of carbonyl (C=O) groups is 1. The fraction of sp³-hybridized carbons (Fsp3) is 0.692. The predicted octanol–water partition coefficient (Wildman–Crippen LogP) is 0.699. The molecule has 1 atom stereocenters. The highest BCUT2D eigenvalue weighted by Gasteiger charge is 2.20. The molecule has 6 heteroatoms. The average molecular weight is 265 g/mol. The van der Waals surface area contributed by atoms with Crippen molar-refractivity contribution in [3.63, 3.8) is 0 Å². The van der Waals surface area contributed by atoms with Crippen molar-refractivity contribution in [2.45, 2.75) is 39.3 Å². The minimum Gasteiger partial charge on any atom is -0.396 e. The zero-order valence-corrected chi connectivity index (χ0v) is 11.7. The zero-order chi connectivity index (χ0) is 13.8.